The summed E-state index contributed by atoms with van der Waals surface area (Å²) in [4.78, 5) is 9.34. The first kappa shape index (κ1) is 14.9. The van der Waals surface area contributed by atoms with Gasteiger partial charge in [0.2, 0.25) is 5.78 Å². The first-order valence-electron chi connectivity index (χ1n) is 4.01. The van der Waals surface area contributed by atoms with E-state index in [0.717, 1.165) is 19.6 Å². The summed E-state index contributed by atoms with van der Waals surface area (Å²) in [6, 6.07) is 0. The third-order valence-corrected chi connectivity index (χ3v) is 0.952. The fourth-order valence-electron chi connectivity index (χ4n) is 0.289. The van der Waals surface area contributed by atoms with Crippen molar-refractivity contribution in [2.75, 3.05) is 13.2 Å². The minimum atomic E-state index is -4.64. The molecule has 80 valence electrons. The number of alkyl halides is 3. The summed E-state index contributed by atoms with van der Waals surface area (Å²) in [7, 11) is 0. The van der Waals surface area contributed by atoms with E-state index >= 15 is 0 Å². The molecule has 0 heterocycles. The lowest BCUT2D eigenvalue weighted by atomic mass is 10.5. The highest BCUT2D eigenvalue weighted by Crippen LogP contribution is 2.14. The molecule has 13 heavy (non-hydrogen) atoms. The molecule has 0 fully saturated rings. The molecule has 2 nitrogen and oxygen atoms in total. The summed E-state index contributed by atoms with van der Waals surface area (Å²) >= 11 is 0. The van der Waals surface area contributed by atoms with Crippen molar-refractivity contribution >= 4 is 5.78 Å². The molecule has 0 aromatic carbocycles. The number of carbonyl (C=O) groups is 1. The molecule has 0 atom stereocenters. The monoisotopic (exact) mass is 200 g/mol. The first-order valence-corrected chi connectivity index (χ1v) is 4.01. The average Bonchev–Trinajstić information content (AvgIpc) is 2.00. The Morgan fingerprint density at radius 3 is 1.77 bits per heavy atom. The fourth-order valence-corrected chi connectivity index (χ4v) is 0.289. The van der Waals surface area contributed by atoms with Crippen molar-refractivity contribution in [1.29, 1.82) is 0 Å². The molecule has 0 bridgehead atoms. The van der Waals surface area contributed by atoms with Crippen molar-refractivity contribution in [2.45, 2.75) is 33.4 Å². The van der Waals surface area contributed by atoms with Gasteiger partial charge in [-0.25, -0.2) is 0 Å². The van der Waals surface area contributed by atoms with Gasteiger partial charge in [-0.3, -0.25) is 4.79 Å². The van der Waals surface area contributed by atoms with Crippen LogP contribution in [-0.2, 0) is 9.53 Å². The van der Waals surface area contributed by atoms with Crippen LogP contribution in [0, 0.1) is 0 Å². The zero-order valence-corrected chi connectivity index (χ0v) is 8.07. The van der Waals surface area contributed by atoms with E-state index in [4.69, 9.17) is 4.74 Å². The Morgan fingerprint density at radius 1 is 1.31 bits per heavy atom. The normalized spacial score (nSPS) is 10.3. The number of carbonyl (C=O) groups excluding carboxylic acids is 1. The third-order valence-electron chi connectivity index (χ3n) is 0.952. The summed E-state index contributed by atoms with van der Waals surface area (Å²) in [5, 5.41) is 0. The van der Waals surface area contributed by atoms with E-state index in [1.165, 1.54) is 0 Å². The van der Waals surface area contributed by atoms with Crippen molar-refractivity contribution < 1.29 is 22.7 Å². The number of ether oxygens (including phenoxy) is 1. The van der Waals surface area contributed by atoms with Crippen molar-refractivity contribution in [3.05, 3.63) is 0 Å². The molecule has 0 unspecified atom stereocenters. The Bertz CT molecular complexity index is 128. The maximum absolute atomic E-state index is 10.8. The second-order valence-electron chi connectivity index (χ2n) is 2.25. The smallest absolute Gasteiger partial charge is 0.382 e. The third kappa shape index (κ3) is 14.3. The van der Waals surface area contributed by atoms with Gasteiger partial charge in [0.05, 0.1) is 0 Å². The topological polar surface area (TPSA) is 26.3 Å². The average molecular weight is 200 g/mol. The molecule has 0 saturated heterocycles. The Balaban J connectivity index is 0. The van der Waals surface area contributed by atoms with Gasteiger partial charge in [0, 0.05) is 20.1 Å². The number of hydrogen-bond donors (Lipinski definition) is 0. The Morgan fingerprint density at radius 2 is 1.69 bits per heavy atom. The molecule has 0 aliphatic rings. The summed E-state index contributed by atoms with van der Waals surface area (Å²) in [5.74, 6) is -1.76. The van der Waals surface area contributed by atoms with Crippen LogP contribution >= 0.6 is 0 Å². The van der Waals surface area contributed by atoms with Crippen LogP contribution in [0.4, 0.5) is 13.2 Å². The maximum Gasteiger partial charge on any atom is 0.449 e. The Labute approximate surface area is 76.1 Å². The van der Waals surface area contributed by atoms with Crippen molar-refractivity contribution in [2.24, 2.45) is 0 Å². The molecule has 0 N–H and O–H groups in total. The van der Waals surface area contributed by atoms with Gasteiger partial charge in [-0.1, -0.05) is 6.92 Å². The van der Waals surface area contributed by atoms with E-state index in [1.807, 2.05) is 6.92 Å². The van der Waals surface area contributed by atoms with Gasteiger partial charge in [-0.2, -0.15) is 13.2 Å². The summed E-state index contributed by atoms with van der Waals surface area (Å²) in [6.07, 6.45) is -3.51. The minimum Gasteiger partial charge on any atom is -0.382 e. The summed E-state index contributed by atoms with van der Waals surface area (Å²) < 4.78 is 37.5. The van der Waals surface area contributed by atoms with E-state index in [2.05, 4.69) is 6.92 Å². The van der Waals surface area contributed by atoms with Crippen LogP contribution in [0.1, 0.15) is 27.2 Å². The quantitative estimate of drug-likeness (QED) is 0.654. The number of rotatable bonds is 3. The Hall–Kier alpha value is -0.580. The largest absolute Gasteiger partial charge is 0.449 e. The van der Waals surface area contributed by atoms with Crippen molar-refractivity contribution in [1.82, 2.24) is 0 Å². The molecule has 0 rings (SSSR count). The molecule has 0 amide bonds. The van der Waals surface area contributed by atoms with Crippen LogP contribution in [-0.4, -0.2) is 25.2 Å². The van der Waals surface area contributed by atoms with E-state index in [0.29, 0.717) is 6.92 Å². The minimum absolute atomic E-state index is 0.486. The molecule has 0 aliphatic carbocycles. The predicted molar refractivity (Wildman–Crippen MR) is 43.5 cm³/mol. The number of halogens is 3. The predicted octanol–water partition coefficient (Wildman–Crippen LogP) is 2.57. The lowest BCUT2D eigenvalue weighted by Gasteiger charge is -1.95. The molecule has 0 aromatic heterocycles. The Kier molecular flexibility index (Phi) is 9.22. The SMILES string of the molecule is CC(=O)C(F)(F)F.CCCOCC. The van der Waals surface area contributed by atoms with Gasteiger partial charge in [0.25, 0.3) is 0 Å². The van der Waals surface area contributed by atoms with Gasteiger partial charge < -0.3 is 4.74 Å². The van der Waals surface area contributed by atoms with E-state index in [9.17, 15) is 18.0 Å². The van der Waals surface area contributed by atoms with Gasteiger partial charge in [-0.05, 0) is 13.3 Å². The van der Waals surface area contributed by atoms with Gasteiger partial charge in [0.1, 0.15) is 0 Å². The lowest BCUT2D eigenvalue weighted by molar-refractivity contribution is -0.168. The van der Waals surface area contributed by atoms with E-state index in [-0.39, 0.29) is 0 Å². The molecular formula is C8H15F3O2. The van der Waals surface area contributed by atoms with Crippen molar-refractivity contribution in [3.8, 4) is 0 Å². The second kappa shape index (κ2) is 8.04. The fraction of sp³-hybridized carbons (Fsp3) is 0.875. The summed E-state index contributed by atoms with van der Waals surface area (Å²) in [6.45, 7) is 6.37. The van der Waals surface area contributed by atoms with Crippen LogP contribution < -0.4 is 0 Å². The van der Waals surface area contributed by atoms with Crippen LogP contribution in [0.3, 0.4) is 0 Å². The van der Waals surface area contributed by atoms with Crippen LogP contribution in [0.2, 0.25) is 0 Å². The van der Waals surface area contributed by atoms with Crippen LogP contribution in [0.5, 0.6) is 0 Å². The highest BCUT2D eigenvalue weighted by Gasteiger charge is 2.33. The van der Waals surface area contributed by atoms with Crippen LogP contribution in [0.15, 0.2) is 0 Å². The maximum atomic E-state index is 10.8. The van der Waals surface area contributed by atoms with Gasteiger partial charge in [-0.15, -0.1) is 0 Å². The number of ketones is 1. The number of Topliss-reactive ketones (excluding diaryl/α,β-unsaturated/α-hetero) is 1. The van der Waals surface area contributed by atoms with Gasteiger partial charge >= 0.3 is 6.18 Å². The molecule has 0 spiro atoms. The van der Waals surface area contributed by atoms with Gasteiger partial charge in [0.15, 0.2) is 0 Å². The molecule has 5 heteroatoms. The van der Waals surface area contributed by atoms with Crippen molar-refractivity contribution in [3.63, 3.8) is 0 Å². The second-order valence-corrected chi connectivity index (χ2v) is 2.25. The zero-order valence-electron chi connectivity index (χ0n) is 8.07. The zero-order chi connectivity index (χ0) is 10.9. The van der Waals surface area contributed by atoms with Crippen LogP contribution in [0.25, 0.3) is 0 Å². The molecular weight excluding hydrogens is 185 g/mol. The first-order chi connectivity index (χ1) is 5.86. The molecule has 0 aliphatic heterocycles. The molecule has 0 radical (unpaired) electrons. The highest BCUT2D eigenvalue weighted by molar-refractivity contribution is 5.81. The summed E-state index contributed by atoms with van der Waals surface area (Å²) in [5.41, 5.74) is 0. The number of hydrogen-bond acceptors (Lipinski definition) is 2. The standard InChI is InChI=1S/C5H12O.C3H3F3O/c1-3-5-6-4-2;1-2(7)3(4,5)6/h3-5H2,1-2H3;1H3. The van der Waals surface area contributed by atoms with E-state index in [1.54, 1.807) is 0 Å². The lowest BCUT2D eigenvalue weighted by Crippen LogP contribution is -2.18. The molecule has 0 saturated carbocycles. The highest BCUT2D eigenvalue weighted by atomic mass is 19.4. The van der Waals surface area contributed by atoms with E-state index < -0.39 is 12.0 Å². The molecule has 0 aromatic rings.